The SMILES string of the molecule is C(=Cc1c(OCC2CO2)cccc1OCC1CO1)c1ccccc1. The Morgan fingerprint density at radius 1 is 0.792 bits per heavy atom. The summed E-state index contributed by atoms with van der Waals surface area (Å²) in [6.45, 7) is 2.71. The van der Waals surface area contributed by atoms with Crippen molar-refractivity contribution in [3.8, 4) is 11.5 Å². The molecule has 2 heterocycles. The second-order valence-corrected chi connectivity index (χ2v) is 5.94. The van der Waals surface area contributed by atoms with Crippen LogP contribution in [0.4, 0.5) is 0 Å². The zero-order valence-corrected chi connectivity index (χ0v) is 13.4. The molecule has 0 spiro atoms. The van der Waals surface area contributed by atoms with E-state index in [0.29, 0.717) is 13.2 Å². The molecule has 2 atom stereocenters. The summed E-state index contributed by atoms with van der Waals surface area (Å²) < 4.78 is 22.3. The first-order valence-corrected chi connectivity index (χ1v) is 8.23. The number of benzene rings is 2. The predicted molar refractivity (Wildman–Crippen MR) is 92.3 cm³/mol. The average molecular weight is 324 g/mol. The Labute approximate surface area is 141 Å². The normalized spacial score (nSPS) is 21.7. The molecular weight excluding hydrogens is 304 g/mol. The molecule has 2 aromatic rings. The lowest BCUT2D eigenvalue weighted by atomic mass is 10.1. The van der Waals surface area contributed by atoms with E-state index < -0.39 is 0 Å². The molecule has 0 N–H and O–H groups in total. The first-order chi connectivity index (χ1) is 11.9. The molecule has 24 heavy (non-hydrogen) atoms. The lowest BCUT2D eigenvalue weighted by molar-refractivity contribution is 0.251. The van der Waals surface area contributed by atoms with Crippen molar-refractivity contribution in [2.45, 2.75) is 12.2 Å². The van der Waals surface area contributed by atoms with E-state index in [0.717, 1.165) is 35.8 Å². The lowest BCUT2D eigenvalue weighted by Gasteiger charge is -2.13. The van der Waals surface area contributed by atoms with E-state index in [9.17, 15) is 0 Å². The van der Waals surface area contributed by atoms with Crippen LogP contribution in [0.25, 0.3) is 12.2 Å². The highest BCUT2D eigenvalue weighted by molar-refractivity contribution is 5.76. The van der Waals surface area contributed by atoms with E-state index in [1.165, 1.54) is 0 Å². The second kappa shape index (κ2) is 7.07. The fourth-order valence-electron chi connectivity index (χ4n) is 2.38. The van der Waals surface area contributed by atoms with Crippen molar-refractivity contribution in [3.05, 3.63) is 59.7 Å². The molecule has 0 radical (unpaired) electrons. The van der Waals surface area contributed by atoms with E-state index in [1.54, 1.807) is 0 Å². The minimum absolute atomic E-state index is 0.223. The molecule has 124 valence electrons. The third-order valence-corrected chi connectivity index (χ3v) is 3.92. The fraction of sp³-hybridized carbons (Fsp3) is 0.300. The first-order valence-electron chi connectivity index (χ1n) is 8.23. The van der Waals surface area contributed by atoms with Crippen LogP contribution < -0.4 is 9.47 Å². The summed E-state index contributed by atoms with van der Waals surface area (Å²) in [5.74, 6) is 1.62. The molecule has 4 rings (SSSR count). The van der Waals surface area contributed by atoms with Gasteiger partial charge in [-0.15, -0.1) is 0 Å². The smallest absolute Gasteiger partial charge is 0.130 e. The van der Waals surface area contributed by atoms with Crippen LogP contribution in [0, 0.1) is 0 Å². The molecule has 2 aromatic carbocycles. The minimum atomic E-state index is 0.223. The monoisotopic (exact) mass is 324 g/mol. The number of rotatable bonds is 8. The molecule has 2 saturated heterocycles. The molecule has 2 aliphatic heterocycles. The van der Waals surface area contributed by atoms with Gasteiger partial charge in [0.25, 0.3) is 0 Å². The maximum atomic E-state index is 5.93. The van der Waals surface area contributed by atoms with E-state index in [1.807, 2.05) is 42.5 Å². The summed E-state index contributed by atoms with van der Waals surface area (Å²) in [6.07, 6.45) is 4.55. The Kier molecular flexibility index (Phi) is 4.49. The van der Waals surface area contributed by atoms with Gasteiger partial charge < -0.3 is 18.9 Å². The Balaban J connectivity index is 1.56. The van der Waals surface area contributed by atoms with Crippen LogP contribution in [0.3, 0.4) is 0 Å². The Morgan fingerprint density at radius 3 is 1.92 bits per heavy atom. The van der Waals surface area contributed by atoms with E-state index >= 15 is 0 Å². The van der Waals surface area contributed by atoms with Crippen LogP contribution in [-0.4, -0.2) is 38.6 Å². The molecule has 2 fully saturated rings. The molecule has 4 heteroatoms. The Hall–Kier alpha value is -2.30. The zero-order valence-electron chi connectivity index (χ0n) is 13.4. The van der Waals surface area contributed by atoms with Crippen LogP contribution in [0.15, 0.2) is 48.5 Å². The van der Waals surface area contributed by atoms with E-state index in [2.05, 4.69) is 18.2 Å². The summed E-state index contributed by atoms with van der Waals surface area (Å²) in [6, 6.07) is 16.1. The van der Waals surface area contributed by atoms with Crippen molar-refractivity contribution in [1.82, 2.24) is 0 Å². The van der Waals surface area contributed by atoms with Crippen LogP contribution in [-0.2, 0) is 9.47 Å². The molecular formula is C20H20O4. The van der Waals surface area contributed by atoms with Gasteiger partial charge in [-0.25, -0.2) is 0 Å². The number of hydrogen-bond acceptors (Lipinski definition) is 4. The molecule has 0 aromatic heterocycles. The fourth-order valence-corrected chi connectivity index (χ4v) is 2.38. The van der Waals surface area contributed by atoms with Gasteiger partial charge >= 0.3 is 0 Å². The quantitative estimate of drug-likeness (QED) is 0.551. The second-order valence-electron chi connectivity index (χ2n) is 5.94. The Morgan fingerprint density at radius 2 is 1.38 bits per heavy atom. The first kappa shape index (κ1) is 15.2. The summed E-state index contributed by atoms with van der Waals surface area (Å²) in [7, 11) is 0. The van der Waals surface area contributed by atoms with Gasteiger partial charge in [0.15, 0.2) is 0 Å². The van der Waals surface area contributed by atoms with Gasteiger partial charge in [0, 0.05) is 0 Å². The van der Waals surface area contributed by atoms with Crippen molar-refractivity contribution in [3.63, 3.8) is 0 Å². The van der Waals surface area contributed by atoms with Gasteiger partial charge in [0.2, 0.25) is 0 Å². The summed E-state index contributed by atoms with van der Waals surface area (Å²) in [5.41, 5.74) is 2.08. The molecule has 2 unspecified atom stereocenters. The molecule has 0 amide bonds. The van der Waals surface area contributed by atoms with Crippen LogP contribution in [0.5, 0.6) is 11.5 Å². The summed E-state index contributed by atoms with van der Waals surface area (Å²) in [4.78, 5) is 0. The van der Waals surface area contributed by atoms with Crippen molar-refractivity contribution >= 4 is 12.2 Å². The van der Waals surface area contributed by atoms with E-state index in [-0.39, 0.29) is 12.2 Å². The molecule has 2 aliphatic rings. The third kappa shape index (κ3) is 4.16. The van der Waals surface area contributed by atoms with Crippen molar-refractivity contribution in [2.24, 2.45) is 0 Å². The number of epoxide rings is 2. The molecule has 0 saturated carbocycles. The molecule has 0 bridgehead atoms. The average Bonchev–Trinajstić information content (AvgIpc) is 3.52. The largest absolute Gasteiger partial charge is 0.490 e. The van der Waals surface area contributed by atoms with Crippen LogP contribution >= 0.6 is 0 Å². The van der Waals surface area contributed by atoms with Crippen LogP contribution in [0.2, 0.25) is 0 Å². The van der Waals surface area contributed by atoms with Gasteiger partial charge in [-0.1, -0.05) is 42.5 Å². The van der Waals surface area contributed by atoms with Crippen molar-refractivity contribution in [2.75, 3.05) is 26.4 Å². The molecule has 4 nitrogen and oxygen atoms in total. The summed E-state index contributed by atoms with van der Waals surface area (Å²) >= 11 is 0. The standard InChI is InChI=1S/C20H20O4/c1-2-5-15(6-3-1)9-10-18-19(23-13-16-11-21-16)7-4-8-20(18)24-14-17-12-22-17/h1-10,16-17H,11-14H2. The third-order valence-electron chi connectivity index (χ3n) is 3.92. The van der Waals surface area contributed by atoms with Crippen molar-refractivity contribution in [1.29, 1.82) is 0 Å². The minimum Gasteiger partial charge on any atom is -0.490 e. The van der Waals surface area contributed by atoms with Gasteiger partial charge in [-0.2, -0.15) is 0 Å². The Bertz CT molecular complexity index is 669. The highest BCUT2D eigenvalue weighted by Crippen LogP contribution is 2.32. The highest BCUT2D eigenvalue weighted by atomic mass is 16.6. The lowest BCUT2D eigenvalue weighted by Crippen LogP contribution is -2.08. The van der Waals surface area contributed by atoms with Gasteiger partial charge in [0.05, 0.1) is 18.8 Å². The number of ether oxygens (including phenoxy) is 4. The topological polar surface area (TPSA) is 43.5 Å². The van der Waals surface area contributed by atoms with Gasteiger partial charge in [-0.05, 0) is 23.8 Å². The van der Waals surface area contributed by atoms with Crippen molar-refractivity contribution < 1.29 is 18.9 Å². The van der Waals surface area contributed by atoms with E-state index in [4.69, 9.17) is 18.9 Å². The maximum Gasteiger partial charge on any atom is 0.130 e. The van der Waals surface area contributed by atoms with Gasteiger partial charge in [-0.3, -0.25) is 0 Å². The maximum absolute atomic E-state index is 5.93. The predicted octanol–water partition coefficient (Wildman–Crippen LogP) is 3.41. The highest BCUT2D eigenvalue weighted by Gasteiger charge is 2.25. The van der Waals surface area contributed by atoms with Crippen LogP contribution in [0.1, 0.15) is 11.1 Å². The summed E-state index contributed by atoms with van der Waals surface area (Å²) in [5, 5.41) is 0. The molecule has 0 aliphatic carbocycles. The number of hydrogen-bond donors (Lipinski definition) is 0. The van der Waals surface area contributed by atoms with Gasteiger partial charge in [0.1, 0.15) is 36.9 Å². The zero-order chi connectivity index (χ0) is 16.2.